The van der Waals surface area contributed by atoms with Crippen molar-refractivity contribution in [2.24, 2.45) is 11.8 Å². The van der Waals surface area contributed by atoms with E-state index in [2.05, 4.69) is 29.1 Å². The molecule has 0 saturated carbocycles. The third-order valence-corrected chi connectivity index (χ3v) is 11.1. The van der Waals surface area contributed by atoms with Gasteiger partial charge in [0.25, 0.3) is 0 Å². The summed E-state index contributed by atoms with van der Waals surface area (Å²) in [5.74, 6) is 0.131. The molecule has 3 aliphatic heterocycles. The van der Waals surface area contributed by atoms with Gasteiger partial charge in [-0.25, -0.2) is 0 Å². The van der Waals surface area contributed by atoms with Crippen molar-refractivity contribution in [2.45, 2.75) is 36.1 Å². The van der Waals surface area contributed by atoms with E-state index in [9.17, 15) is 24.3 Å². The molecule has 3 aliphatic rings. The fraction of sp³-hybridized carbons (Fsp3) is 0.283. The molecule has 3 N–H and O–H groups in total. The zero-order valence-electron chi connectivity index (χ0n) is 32.5. The largest absolute Gasteiger partial charge is 0.491 e. The summed E-state index contributed by atoms with van der Waals surface area (Å²) in [5, 5.41) is 15.8. The van der Waals surface area contributed by atoms with Gasteiger partial charge >= 0.3 is 17.9 Å². The van der Waals surface area contributed by atoms with Crippen LogP contribution in [0, 0.1) is 23.7 Å². The molecular weight excluding hydrogens is 755 g/mol. The Balaban J connectivity index is 1.51. The summed E-state index contributed by atoms with van der Waals surface area (Å²) in [6.45, 7) is 3.45. The number of nitrogens with one attached hydrogen (secondary N) is 2. The van der Waals surface area contributed by atoms with Crippen molar-refractivity contribution in [3.05, 3.63) is 144 Å². The maximum atomic E-state index is 15.3. The lowest BCUT2D eigenvalue weighted by atomic mass is 9.65. The fourth-order valence-electron chi connectivity index (χ4n) is 8.72. The Bertz CT molecular complexity index is 2310. The van der Waals surface area contributed by atoms with Gasteiger partial charge in [0, 0.05) is 29.8 Å². The van der Waals surface area contributed by atoms with Gasteiger partial charge in [0.1, 0.15) is 29.9 Å². The lowest BCUT2D eigenvalue weighted by Crippen LogP contribution is -2.54. The second kappa shape index (κ2) is 17.4. The number of morpholine rings is 1. The number of cyclic esters (lactones) is 1. The Morgan fingerprint density at radius 1 is 0.932 bits per heavy atom. The average Bonchev–Trinajstić information content (AvgIpc) is 3.74. The van der Waals surface area contributed by atoms with Crippen LogP contribution in [0.4, 0.5) is 5.69 Å². The minimum atomic E-state index is -1.83. The number of hydrogen-bond acceptors (Lipinski definition) is 11. The second-order valence-electron chi connectivity index (χ2n) is 14.2. The van der Waals surface area contributed by atoms with Gasteiger partial charge in [-0.1, -0.05) is 96.8 Å². The van der Waals surface area contributed by atoms with Crippen molar-refractivity contribution < 1.29 is 48.0 Å². The summed E-state index contributed by atoms with van der Waals surface area (Å²) in [6.07, 6.45) is 0.419. The quantitative estimate of drug-likeness (QED) is 0.0613. The Hall–Kier alpha value is -6.75. The number of aliphatic hydroxyl groups is 1. The maximum Gasteiger partial charge on any atom is 0.324 e. The van der Waals surface area contributed by atoms with Crippen molar-refractivity contribution in [2.75, 3.05) is 39.3 Å². The second-order valence-corrected chi connectivity index (χ2v) is 14.2. The number of aliphatic hydroxyl groups excluding tert-OH is 1. The fourth-order valence-corrected chi connectivity index (χ4v) is 8.72. The highest BCUT2D eigenvalue weighted by Crippen LogP contribution is 2.65. The van der Waals surface area contributed by atoms with Gasteiger partial charge in [0.15, 0.2) is 5.92 Å². The Labute approximate surface area is 341 Å². The first-order chi connectivity index (χ1) is 28.7. The number of esters is 3. The minimum Gasteiger partial charge on any atom is -0.491 e. The molecule has 13 nitrogen and oxygen atoms in total. The van der Waals surface area contributed by atoms with Crippen molar-refractivity contribution in [1.82, 2.24) is 10.2 Å². The van der Waals surface area contributed by atoms with E-state index in [1.807, 2.05) is 65.6 Å². The maximum absolute atomic E-state index is 15.3. The first-order valence-corrected chi connectivity index (χ1v) is 19.1. The molecule has 0 bridgehead atoms. The predicted molar refractivity (Wildman–Crippen MR) is 214 cm³/mol. The van der Waals surface area contributed by atoms with E-state index in [-0.39, 0.29) is 26.2 Å². The monoisotopic (exact) mass is 797 g/mol. The molecule has 7 rings (SSSR count). The van der Waals surface area contributed by atoms with Gasteiger partial charge in [-0.15, -0.1) is 6.58 Å². The number of para-hydroxylation sites is 1. The molecule has 1 spiro atoms. The van der Waals surface area contributed by atoms with Crippen LogP contribution >= 0.6 is 0 Å². The van der Waals surface area contributed by atoms with Gasteiger partial charge < -0.3 is 34.7 Å². The van der Waals surface area contributed by atoms with Crippen LogP contribution in [0.2, 0.25) is 0 Å². The average molecular weight is 798 g/mol. The number of hydrogen-bond donors (Lipinski definition) is 3. The highest BCUT2D eigenvalue weighted by atomic mass is 16.6. The molecule has 302 valence electrons. The summed E-state index contributed by atoms with van der Waals surface area (Å²) in [4.78, 5) is 71.9. The minimum absolute atomic E-state index is 0.0460. The highest BCUT2D eigenvalue weighted by molar-refractivity contribution is 6.12. The summed E-state index contributed by atoms with van der Waals surface area (Å²) in [6, 6.07) is 27.8. The molecule has 0 radical (unpaired) electrons. The van der Waals surface area contributed by atoms with Gasteiger partial charge in [-0.05, 0) is 41.0 Å². The van der Waals surface area contributed by atoms with E-state index in [4.69, 9.17) is 18.9 Å². The predicted octanol–water partition coefficient (Wildman–Crippen LogP) is 4.33. The van der Waals surface area contributed by atoms with E-state index in [1.54, 1.807) is 42.5 Å². The molecule has 3 heterocycles. The topological polar surface area (TPSA) is 170 Å². The summed E-state index contributed by atoms with van der Waals surface area (Å²) in [7, 11) is 2.33. The molecule has 6 atom stereocenters. The van der Waals surface area contributed by atoms with Crippen LogP contribution in [0.1, 0.15) is 52.4 Å². The molecule has 2 amide bonds. The molecule has 0 aromatic heterocycles. The number of carbonyl (C=O) groups excluding carboxylic acids is 5. The van der Waals surface area contributed by atoms with E-state index < -0.39 is 71.2 Å². The van der Waals surface area contributed by atoms with Crippen LogP contribution in [0.3, 0.4) is 0 Å². The first kappa shape index (κ1) is 40.4. The third kappa shape index (κ3) is 7.22. The van der Waals surface area contributed by atoms with E-state index in [1.165, 1.54) is 6.08 Å². The third-order valence-electron chi connectivity index (χ3n) is 11.1. The molecule has 4 aromatic rings. The lowest BCUT2D eigenvalue weighted by Gasteiger charge is -2.46. The highest BCUT2D eigenvalue weighted by Gasteiger charge is 2.74. The van der Waals surface area contributed by atoms with Crippen molar-refractivity contribution in [3.8, 4) is 17.6 Å². The number of rotatable bonds is 12. The number of nitrogens with zero attached hydrogens (tertiary/aromatic N) is 1. The van der Waals surface area contributed by atoms with Crippen LogP contribution in [0.15, 0.2) is 116 Å². The summed E-state index contributed by atoms with van der Waals surface area (Å²) in [5.41, 5.74) is 1.31. The number of benzene rings is 4. The number of methoxy groups -OCH3 is 2. The molecule has 13 heteroatoms. The first-order valence-electron chi connectivity index (χ1n) is 19.1. The van der Waals surface area contributed by atoms with Crippen molar-refractivity contribution in [1.29, 1.82) is 0 Å². The zero-order chi connectivity index (χ0) is 41.7. The Kier molecular flexibility index (Phi) is 11.9. The molecule has 2 fully saturated rings. The molecular formula is C46H43N3O10. The zero-order valence-corrected chi connectivity index (χ0v) is 32.5. The molecule has 0 aliphatic carbocycles. The van der Waals surface area contributed by atoms with E-state index >= 15 is 4.79 Å². The van der Waals surface area contributed by atoms with Gasteiger partial charge in [0.05, 0.1) is 38.8 Å². The van der Waals surface area contributed by atoms with Crippen LogP contribution < -0.4 is 15.4 Å². The number of fused-ring (bicyclic) bond motifs is 3. The number of ether oxygens (including phenoxy) is 4. The number of amides is 2. The van der Waals surface area contributed by atoms with Gasteiger partial charge in [0.2, 0.25) is 11.8 Å². The molecule has 59 heavy (non-hydrogen) atoms. The summed E-state index contributed by atoms with van der Waals surface area (Å²) < 4.78 is 22.2. The number of anilines is 1. The normalized spacial score (nSPS) is 22.9. The standard InChI is InChI=1S/C46H43N3O10/c1-4-24-47-41(51)36-38-44(54)59-39(30-17-9-6-10-18-30)37(29-15-7-5-8-16-29)49(38)40(31-19-11-12-21-35(31)58-26-25-50)46(36)33-27-28(22-23-34(33)48-45(46)55)14-13-20-32(42(52)56-2)43(53)57-3/h4-12,15-19,21-23,27,32,36-40,50H,1,20,24-26H2,2-3H3,(H,47,51)(H,48,55)/t36-,37-,38-,39+,40+,46-/m1/s1. The lowest BCUT2D eigenvalue weighted by molar-refractivity contribution is -0.178. The number of carbonyl (C=O) groups is 5. The SMILES string of the molecule is C=CCNC(=O)[C@H]1[C@@H]2C(=O)O[C@@H](c3ccccc3)[C@@H](c3ccccc3)N2[C@@H](c2ccccc2OCCO)[C@]12C(=O)Nc1ccc(C#CCC(C(=O)OC)C(=O)OC)cc12. The smallest absolute Gasteiger partial charge is 0.324 e. The van der Waals surface area contributed by atoms with Crippen molar-refractivity contribution in [3.63, 3.8) is 0 Å². The molecule has 0 unspecified atom stereocenters. The van der Waals surface area contributed by atoms with Crippen molar-refractivity contribution >= 4 is 35.4 Å². The van der Waals surface area contributed by atoms with Crippen LogP contribution in [-0.4, -0.2) is 79.7 Å². The van der Waals surface area contributed by atoms with Gasteiger partial charge in [-0.2, -0.15) is 0 Å². The Morgan fingerprint density at radius 3 is 2.25 bits per heavy atom. The van der Waals surface area contributed by atoms with Crippen LogP contribution in [0.25, 0.3) is 0 Å². The van der Waals surface area contributed by atoms with Gasteiger partial charge in [-0.3, -0.25) is 28.9 Å². The Morgan fingerprint density at radius 2 is 1.59 bits per heavy atom. The van der Waals surface area contributed by atoms with E-state index in [0.29, 0.717) is 33.7 Å². The summed E-state index contributed by atoms with van der Waals surface area (Å²) >= 11 is 0. The molecule has 2 saturated heterocycles. The molecule has 4 aromatic carbocycles. The van der Waals surface area contributed by atoms with Crippen LogP contribution in [-0.2, 0) is 43.6 Å². The van der Waals surface area contributed by atoms with E-state index in [0.717, 1.165) is 19.8 Å². The van der Waals surface area contributed by atoms with Crippen LogP contribution in [0.5, 0.6) is 5.75 Å².